The summed E-state index contributed by atoms with van der Waals surface area (Å²) >= 11 is 0. The number of aryl methyl sites for hydroxylation is 1. The Bertz CT molecular complexity index is 1230. The monoisotopic (exact) mass is 419 g/mol. The number of pyridine rings is 1. The molecule has 0 aliphatic rings. The number of methoxy groups -OCH3 is 3. The Balaban J connectivity index is 1.78. The Morgan fingerprint density at radius 3 is 2.32 bits per heavy atom. The molecule has 9 nitrogen and oxygen atoms in total. The molecule has 158 valence electrons. The number of nitrogens with zero attached hydrogens (tertiary/aromatic N) is 4. The molecule has 4 aromatic rings. The highest BCUT2D eigenvalue weighted by Crippen LogP contribution is 2.40. The first-order valence-electron chi connectivity index (χ1n) is 9.42. The maximum Gasteiger partial charge on any atom is 0.256 e. The molecule has 0 aliphatic heterocycles. The van der Waals surface area contributed by atoms with Crippen molar-refractivity contribution in [2.45, 2.75) is 6.92 Å². The minimum Gasteiger partial charge on any atom is -0.493 e. The molecule has 0 saturated carbocycles. The number of ether oxygens (including phenoxy) is 3. The summed E-state index contributed by atoms with van der Waals surface area (Å²) in [7, 11) is 4.67. The van der Waals surface area contributed by atoms with E-state index in [0.717, 1.165) is 5.56 Å². The normalized spacial score (nSPS) is 10.7. The van der Waals surface area contributed by atoms with Crippen molar-refractivity contribution in [1.29, 1.82) is 0 Å². The average Bonchev–Trinajstić information content (AvgIpc) is 3.12. The fourth-order valence-electron chi connectivity index (χ4n) is 3.28. The number of imidazole rings is 1. The number of hydrogen-bond donors (Lipinski definition) is 1. The zero-order chi connectivity index (χ0) is 22.0. The molecule has 3 heterocycles. The van der Waals surface area contributed by atoms with Crippen LogP contribution in [0, 0.1) is 6.92 Å². The standard InChI is InChI=1S/C22H21N5O4/c1-13-21(26-22(28)14-5-7-23-8-6-14)27-12-16(24-11-19(27)25-13)15-9-17(29-2)20(31-4)18(10-15)30-3/h5-12H,1-4H3,(H,26,28). The topological polar surface area (TPSA) is 99.9 Å². The highest BCUT2D eigenvalue weighted by molar-refractivity contribution is 6.04. The van der Waals surface area contributed by atoms with E-state index in [2.05, 4.69) is 20.3 Å². The van der Waals surface area contributed by atoms with Gasteiger partial charge in [-0.15, -0.1) is 0 Å². The largest absolute Gasteiger partial charge is 0.493 e. The molecule has 0 bridgehead atoms. The number of nitrogens with one attached hydrogen (secondary N) is 1. The van der Waals surface area contributed by atoms with Crippen LogP contribution in [-0.2, 0) is 0 Å². The predicted molar refractivity (Wildman–Crippen MR) is 115 cm³/mol. The van der Waals surface area contributed by atoms with Crippen molar-refractivity contribution < 1.29 is 19.0 Å². The van der Waals surface area contributed by atoms with E-state index in [4.69, 9.17) is 14.2 Å². The van der Waals surface area contributed by atoms with Crippen LogP contribution in [0.4, 0.5) is 5.82 Å². The minimum absolute atomic E-state index is 0.251. The van der Waals surface area contributed by atoms with Crippen LogP contribution in [0.25, 0.3) is 16.9 Å². The van der Waals surface area contributed by atoms with Crippen LogP contribution < -0.4 is 19.5 Å². The molecule has 0 radical (unpaired) electrons. The second kappa shape index (κ2) is 8.31. The van der Waals surface area contributed by atoms with Gasteiger partial charge < -0.3 is 19.5 Å². The van der Waals surface area contributed by atoms with Gasteiger partial charge in [0.2, 0.25) is 5.75 Å². The van der Waals surface area contributed by atoms with Crippen molar-refractivity contribution in [2.75, 3.05) is 26.6 Å². The molecule has 3 aromatic heterocycles. The fraction of sp³-hybridized carbons (Fsp3) is 0.182. The molecule has 0 aliphatic carbocycles. The van der Waals surface area contributed by atoms with Crippen molar-refractivity contribution in [3.05, 3.63) is 60.3 Å². The van der Waals surface area contributed by atoms with Crippen LogP contribution in [0.2, 0.25) is 0 Å². The predicted octanol–water partition coefficient (Wildman–Crippen LogP) is 3.38. The summed E-state index contributed by atoms with van der Waals surface area (Å²) in [6.45, 7) is 1.83. The van der Waals surface area contributed by atoms with Crippen LogP contribution in [0.3, 0.4) is 0 Å². The van der Waals surface area contributed by atoms with E-state index in [1.165, 1.54) is 0 Å². The second-order valence-electron chi connectivity index (χ2n) is 6.65. The van der Waals surface area contributed by atoms with Gasteiger partial charge in [-0.25, -0.2) is 4.98 Å². The lowest BCUT2D eigenvalue weighted by atomic mass is 10.1. The van der Waals surface area contributed by atoms with E-state index < -0.39 is 0 Å². The lowest BCUT2D eigenvalue weighted by Gasteiger charge is -2.14. The molecule has 0 unspecified atom stereocenters. The molecule has 0 spiro atoms. The third-order valence-corrected chi connectivity index (χ3v) is 4.82. The van der Waals surface area contributed by atoms with E-state index in [0.29, 0.717) is 45.7 Å². The Morgan fingerprint density at radius 2 is 1.71 bits per heavy atom. The number of carbonyl (C=O) groups excluding carboxylic acids is 1. The number of carbonyl (C=O) groups is 1. The second-order valence-corrected chi connectivity index (χ2v) is 6.65. The van der Waals surface area contributed by atoms with Gasteiger partial charge in [0.15, 0.2) is 17.1 Å². The molecule has 31 heavy (non-hydrogen) atoms. The third kappa shape index (κ3) is 3.73. The number of benzene rings is 1. The summed E-state index contributed by atoms with van der Waals surface area (Å²) in [4.78, 5) is 25.6. The molecular weight excluding hydrogens is 398 g/mol. The number of hydrogen-bond acceptors (Lipinski definition) is 7. The van der Waals surface area contributed by atoms with Gasteiger partial charge >= 0.3 is 0 Å². The smallest absolute Gasteiger partial charge is 0.256 e. The van der Waals surface area contributed by atoms with Gasteiger partial charge in [-0.2, -0.15) is 0 Å². The first-order valence-corrected chi connectivity index (χ1v) is 9.42. The van der Waals surface area contributed by atoms with Crippen molar-refractivity contribution in [3.8, 4) is 28.5 Å². The lowest BCUT2D eigenvalue weighted by molar-refractivity contribution is 0.102. The number of amides is 1. The molecule has 4 rings (SSSR count). The SMILES string of the molecule is COc1cc(-c2cn3c(NC(=O)c4ccncc4)c(C)nc3cn2)cc(OC)c1OC. The van der Waals surface area contributed by atoms with Gasteiger partial charge in [0.25, 0.3) is 5.91 Å². The molecule has 1 N–H and O–H groups in total. The van der Waals surface area contributed by atoms with Crippen molar-refractivity contribution >= 4 is 17.4 Å². The third-order valence-electron chi connectivity index (χ3n) is 4.82. The molecule has 0 saturated heterocycles. The van der Waals surface area contributed by atoms with Crippen LogP contribution in [0.5, 0.6) is 17.2 Å². The van der Waals surface area contributed by atoms with Crippen LogP contribution in [-0.4, -0.2) is 46.6 Å². The summed E-state index contributed by atoms with van der Waals surface area (Å²) < 4.78 is 18.1. The van der Waals surface area contributed by atoms with E-state index in [1.807, 2.05) is 19.1 Å². The first-order chi connectivity index (χ1) is 15.0. The average molecular weight is 419 g/mol. The highest BCUT2D eigenvalue weighted by Gasteiger charge is 2.17. The Kier molecular flexibility index (Phi) is 5.40. The Morgan fingerprint density at radius 1 is 1.03 bits per heavy atom. The van der Waals surface area contributed by atoms with Crippen LogP contribution >= 0.6 is 0 Å². The van der Waals surface area contributed by atoms with Gasteiger partial charge in [0.05, 0.1) is 38.9 Å². The first kappa shape index (κ1) is 20.1. The van der Waals surface area contributed by atoms with E-state index in [1.54, 1.807) is 62.7 Å². The van der Waals surface area contributed by atoms with Crippen LogP contribution in [0.15, 0.2) is 49.1 Å². The number of aromatic nitrogens is 4. The quantitative estimate of drug-likeness (QED) is 0.511. The summed E-state index contributed by atoms with van der Waals surface area (Å²) in [6, 6.07) is 6.93. The molecule has 1 aromatic carbocycles. The Hall–Kier alpha value is -4.14. The molecular formula is C22H21N5O4. The maximum absolute atomic E-state index is 12.7. The molecule has 0 fully saturated rings. The molecule has 9 heteroatoms. The number of rotatable bonds is 6. The van der Waals surface area contributed by atoms with Gasteiger partial charge in [0.1, 0.15) is 5.82 Å². The summed E-state index contributed by atoms with van der Waals surface area (Å²) in [6.07, 6.45) is 6.59. The van der Waals surface area contributed by atoms with Gasteiger partial charge in [-0.1, -0.05) is 0 Å². The van der Waals surface area contributed by atoms with Crippen LogP contribution in [0.1, 0.15) is 16.1 Å². The number of fused-ring (bicyclic) bond motifs is 1. The minimum atomic E-state index is -0.251. The zero-order valence-corrected chi connectivity index (χ0v) is 17.5. The summed E-state index contributed by atoms with van der Waals surface area (Å²) in [5, 5.41) is 2.93. The number of anilines is 1. The highest BCUT2D eigenvalue weighted by atomic mass is 16.5. The van der Waals surface area contributed by atoms with E-state index in [9.17, 15) is 4.79 Å². The summed E-state index contributed by atoms with van der Waals surface area (Å²) in [5.74, 6) is 1.85. The van der Waals surface area contributed by atoms with E-state index in [-0.39, 0.29) is 5.91 Å². The lowest BCUT2D eigenvalue weighted by Crippen LogP contribution is -2.14. The maximum atomic E-state index is 12.7. The van der Waals surface area contributed by atoms with Gasteiger partial charge in [-0.05, 0) is 31.2 Å². The van der Waals surface area contributed by atoms with E-state index >= 15 is 0 Å². The summed E-state index contributed by atoms with van der Waals surface area (Å²) in [5.41, 5.74) is 3.19. The van der Waals surface area contributed by atoms with Crippen molar-refractivity contribution in [3.63, 3.8) is 0 Å². The van der Waals surface area contributed by atoms with Gasteiger partial charge in [0, 0.05) is 29.7 Å². The van der Waals surface area contributed by atoms with Gasteiger partial charge in [-0.3, -0.25) is 19.2 Å². The van der Waals surface area contributed by atoms with Crippen molar-refractivity contribution in [1.82, 2.24) is 19.4 Å². The molecule has 0 atom stereocenters. The Labute approximate surface area is 178 Å². The van der Waals surface area contributed by atoms with Crippen molar-refractivity contribution in [2.24, 2.45) is 0 Å². The zero-order valence-electron chi connectivity index (χ0n) is 17.5. The fourth-order valence-corrected chi connectivity index (χ4v) is 3.28. The molecule has 1 amide bonds.